The van der Waals surface area contributed by atoms with Crippen molar-refractivity contribution in [3.05, 3.63) is 48.2 Å². The lowest BCUT2D eigenvalue weighted by molar-refractivity contribution is 0.0294. The molecule has 3 N–H and O–H groups in total. The van der Waals surface area contributed by atoms with Gasteiger partial charge in [0.05, 0.1) is 31.1 Å². The molecule has 0 aromatic carbocycles. The average molecular weight is 580 g/mol. The molecule has 14 heteroatoms. The molecule has 0 unspecified atom stereocenters. The first-order valence-electron chi connectivity index (χ1n) is 14.0. The number of carbonyl (C=O) groups is 2. The molecule has 0 saturated carbocycles. The number of carboxylic acid groups (broad SMARTS) is 1. The summed E-state index contributed by atoms with van der Waals surface area (Å²) >= 11 is 0. The second-order valence-electron chi connectivity index (χ2n) is 11.8. The fraction of sp³-hybridized carbons (Fsp3) is 0.500. The number of anilines is 2. The van der Waals surface area contributed by atoms with Gasteiger partial charge in [-0.3, -0.25) is 9.30 Å². The van der Waals surface area contributed by atoms with Crippen LogP contribution in [0.1, 0.15) is 58.2 Å². The first-order chi connectivity index (χ1) is 19.9. The lowest BCUT2D eigenvalue weighted by atomic mass is 9.94. The minimum absolute atomic E-state index is 0.0554. The average Bonchev–Trinajstić information content (AvgIpc) is 3.53. The first kappa shape index (κ1) is 29.0. The number of carbonyl (C=O) groups excluding carboxylic acids is 1. The standard InChI is InChI=1S/C28H37N9O5/c1-17(2)20-13-31-37-23(11-22(33-24(20)37)30-12-18-7-10-35(26(39)40)16-21(18)38)36(27(41)42-28(3,4)5)15-19-14-34-9-6-8-29-25(34)32-19/h6,8-9,11,13-14,17-18,21,38H,7,10,12,15-16H2,1-5H3,(H,30,33)(H,39,40)/t18-,21+/m1/s1. The molecular formula is C28H37N9O5. The Bertz CT molecular complexity index is 1560. The first-order valence-corrected chi connectivity index (χ1v) is 14.0. The van der Waals surface area contributed by atoms with Gasteiger partial charge in [0, 0.05) is 49.2 Å². The zero-order chi connectivity index (χ0) is 30.2. The molecule has 5 heterocycles. The van der Waals surface area contributed by atoms with Gasteiger partial charge in [0.1, 0.15) is 17.2 Å². The number of aromatic nitrogens is 6. The smallest absolute Gasteiger partial charge is 0.416 e. The summed E-state index contributed by atoms with van der Waals surface area (Å²) in [5.41, 5.74) is 1.33. The third-order valence-corrected chi connectivity index (χ3v) is 7.14. The third-order valence-electron chi connectivity index (χ3n) is 7.14. The van der Waals surface area contributed by atoms with E-state index < -0.39 is 23.9 Å². The minimum Gasteiger partial charge on any atom is -0.465 e. The summed E-state index contributed by atoms with van der Waals surface area (Å²) in [4.78, 5) is 41.4. The Morgan fingerprint density at radius 3 is 2.71 bits per heavy atom. The molecule has 14 nitrogen and oxygen atoms in total. The largest absolute Gasteiger partial charge is 0.465 e. The topological polar surface area (TPSA) is 163 Å². The summed E-state index contributed by atoms with van der Waals surface area (Å²) in [6, 6.07) is 3.52. The number of imidazole rings is 1. The van der Waals surface area contributed by atoms with Crippen molar-refractivity contribution in [1.29, 1.82) is 0 Å². The maximum absolute atomic E-state index is 13.7. The predicted octanol–water partition coefficient (Wildman–Crippen LogP) is 3.61. The highest BCUT2D eigenvalue weighted by Crippen LogP contribution is 2.29. The van der Waals surface area contributed by atoms with Crippen LogP contribution in [0.15, 0.2) is 36.9 Å². The van der Waals surface area contributed by atoms with Crippen LogP contribution in [0.4, 0.5) is 21.2 Å². The van der Waals surface area contributed by atoms with Gasteiger partial charge in [-0.1, -0.05) is 13.8 Å². The zero-order valence-electron chi connectivity index (χ0n) is 24.4. The van der Waals surface area contributed by atoms with E-state index in [1.54, 1.807) is 54.2 Å². The second-order valence-corrected chi connectivity index (χ2v) is 11.8. The lowest BCUT2D eigenvalue weighted by Gasteiger charge is -2.34. The molecule has 5 rings (SSSR count). The minimum atomic E-state index is -1.04. The van der Waals surface area contributed by atoms with E-state index in [-0.39, 0.29) is 24.9 Å². The molecule has 0 aliphatic carbocycles. The van der Waals surface area contributed by atoms with Gasteiger partial charge in [0.15, 0.2) is 5.65 Å². The van der Waals surface area contributed by atoms with Crippen LogP contribution in [-0.4, -0.2) is 87.6 Å². The Kier molecular flexibility index (Phi) is 7.91. The number of piperidine rings is 1. The summed E-state index contributed by atoms with van der Waals surface area (Å²) in [6.45, 7) is 10.3. The number of β-amino-alcohol motifs (C(OH)–C–C–N with tert-alkyl or cyclic N) is 1. The van der Waals surface area contributed by atoms with Gasteiger partial charge in [0.2, 0.25) is 5.78 Å². The summed E-state index contributed by atoms with van der Waals surface area (Å²) in [7, 11) is 0. The van der Waals surface area contributed by atoms with Crippen molar-refractivity contribution in [2.24, 2.45) is 5.92 Å². The molecule has 2 atom stereocenters. The van der Waals surface area contributed by atoms with E-state index in [0.717, 1.165) is 5.56 Å². The van der Waals surface area contributed by atoms with Gasteiger partial charge < -0.3 is 25.2 Å². The molecule has 0 radical (unpaired) electrons. The number of fused-ring (bicyclic) bond motifs is 2. The van der Waals surface area contributed by atoms with E-state index in [2.05, 4.69) is 20.4 Å². The lowest BCUT2D eigenvalue weighted by Crippen LogP contribution is -2.47. The van der Waals surface area contributed by atoms with E-state index in [9.17, 15) is 19.8 Å². The van der Waals surface area contributed by atoms with E-state index in [1.165, 1.54) is 9.80 Å². The van der Waals surface area contributed by atoms with Gasteiger partial charge in [-0.05, 0) is 39.2 Å². The Morgan fingerprint density at radius 1 is 1.26 bits per heavy atom. The van der Waals surface area contributed by atoms with Crippen LogP contribution in [0.25, 0.3) is 11.4 Å². The number of rotatable bonds is 7. The van der Waals surface area contributed by atoms with Gasteiger partial charge in [0.25, 0.3) is 0 Å². The Balaban J connectivity index is 1.52. The molecule has 4 aromatic rings. The van der Waals surface area contributed by atoms with E-state index in [1.807, 2.05) is 26.2 Å². The molecule has 42 heavy (non-hydrogen) atoms. The summed E-state index contributed by atoms with van der Waals surface area (Å²) < 4.78 is 9.22. The van der Waals surface area contributed by atoms with Crippen molar-refractivity contribution in [3.63, 3.8) is 0 Å². The number of hydrogen-bond acceptors (Lipinski definition) is 9. The quantitative estimate of drug-likeness (QED) is 0.295. The number of nitrogens with one attached hydrogen (secondary N) is 1. The number of amides is 2. The fourth-order valence-electron chi connectivity index (χ4n) is 4.96. The van der Waals surface area contributed by atoms with Crippen molar-refractivity contribution in [3.8, 4) is 0 Å². The van der Waals surface area contributed by atoms with Crippen LogP contribution in [0.2, 0.25) is 0 Å². The van der Waals surface area contributed by atoms with E-state index in [0.29, 0.717) is 48.3 Å². The normalized spacial score (nSPS) is 17.6. The Morgan fingerprint density at radius 2 is 2.05 bits per heavy atom. The number of hydrogen-bond donors (Lipinski definition) is 3. The molecule has 0 spiro atoms. The highest BCUT2D eigenvalue weighted by Gasteiger charge is 2.31. The molecule has 1 saturated heterocycles. The van der Waals surface area contributed by atoms with Crippen LogP contribution < -0.4 is 10.2 Å². The van der Waals surface area contributed by atoms with Gasteiger partial charge >= 0.3 is 12.2 Å². The van der Waals surface area contributed by atoms with Crippen molar-refractivity contribution in [2.75, 3.05) is 29.9 Å². The molecular weight excluding hydrogens is 542 g/mol. The predicted molar refractivity (Wildman–Crippen MR) is 155 cm³/mol. The number of aliphatic hydroxyl groups is 1. The van der Waals surface area contributed by atoms with Crippen molar-refractivity contribution >= 4 is 35.2 Å². The van der Waals surface area contributed by atoms with Gasteiger partial charge in [-0.25, -0.2) is 24.5 Å². The molecule has 1 fully saturated rings. The third kappa shape index (κ3) is 6.22. The van der Waals surface area contributed by atoms with E-state index >= 15 is 0 Å². The van der Waals surface area contributed by atoms with E-state index in [4.69, 9.17) is 9.72 Å². The molecule has 0 bridgehead atoms. The van der Waals surface area contributed by atoms with Crippen LogP contribution in [0.3, 0.4) is 0 Å². The Hall–Kier alpha value is -4.46. The highest BCUT2D eigenvalue weighted by molar-refractivity contribution is 5.88. The summed E-state index contributed by atoms with van der Waals surface area (Å²) in [6.07, 6.45) is 5.12. The van der Waals surface area contributed by atoms with Crippen molar-refractivity contribution < 1.29 is 24.5 Å². The van der Waals surface area contributed by atoms with Crippen LogP contribution in [0.5, 0.6) is 0 Å². The van der Waals surface area contributed by atoms with Crippen molar-refractivity contribution in [1.82, 2.24) is 33.9 Å². The van der Waals surface area contributed by atoms with Crippen molar-refractivity contribution in [2.45, 2.75) is 65.2 Å². The maximum Gasteiger partial charge on any atom is 0.416 e. The highest BCUT2D eigenvalue weighted by atomic mass is 16.6. The van der Waals surface area contributed by atoms with Crippen LogP contribution in [-0.2, 0) is 11.3 Å². The summed E-state index contributed by atoms with van der Waals surface area (Å²) in [5, 5.41) is 27.8. The fourth-order valence-corrected chi connectivity index (χ4v) is 4.96. The number of aliphatic hydroxyl groups excluding tert-OH is 1. The maximum atomic E-state index is 13.7. The van der Waals surface area contributed by atoms with Gasteiger partial charge in [-0.2, -0.15) is 9.61 Å². The monoisotopic (exact) mass is 579 g/mol. The molecule has 224 valence electrons. The molecule has 4 aromatic heterocycles. The number of ether oxygens (including phenoxy) is 1. The Labute approximate surface area is 242 Å². The SMILES string of the molecule is CC(C)c1cnn2c(N(Cc3cn4cccnc4n3)C(=O)OC(C)(C)C)cc(NC[C@H]3CCN(C(=O)O)C[C@@H]3O)nc12. The van der Waals surface area contributed by atoms with Crippen LogP contribution in [0, 0.1) is 5.92 Å². The van der Waals surface area contributed by atoms with Crippen LogP contribution >= 0.6 is 0 Å². The number of likely N-dealkylation sites (tertiary alicyclic amines) is 1. The molecule has 1 aliphatic rings. The number of nitrogens with zero attached hydrogens (tertiary/aromatic N) is 8. The molecule has 2 amide bonds. The zero-order valence-corrected chi connectivity index (χ0v) is 24.4. The summed E-state index contributed by atoms with van der Waals surface area (Å²) in [5.74, 6) is 1.35. The molecule has 1 aliphatic heterocycles. The second kappa shape index (κ2) is 11.4. The van der Waals surface area contributed by atoms with Gasteiger partial charge in [-0.15, -0.1) is 0 Å².